The molecule has 0 bridgehead atoms. The predicted molar refractivity (Wildman–Crippen MR) is 107 cm³/mol. The van der Waals surface area contributed by atoms with Crippen LogP contribution in [0.5, 0.6) is 0 Å². The standard InChI is InChI=1S/C19H23NO5S2/c1-3-25-19(22)18-14(2)12-17(26-18)20-16(21)10-7-11-27(23,24)13-15-8-5-4-6-9-15/h4-6,8-9,12H,3,7,10-11,13H2,1-2H3,(H,20,21). The van der Waals surface area contributed by atoms with Gasteiger partial charge in [0.1, 0.15) is 4.88 Å². The van der Waals surface area contributed by atoms with Crippen LogP contribution in [0.3, 0.4) is 0 Å². The summed E-state index contributed by atoms with van der Waals surface area (Å²) in [7, 11) is -3.26. The van der Waals surface area contributed by atoms with Crippen molar-refractivity contribution in [2.75, 3.05) is 17.7 Å². The van der Waals surface area contributed by atoms with Crippen LogP contribution in [-0.4, -0.2) is 32.7 Å². The van der Waals surface area contributed by atoms with Crippen molar-refractivity contribution in [3.8, 4) is 0 Å². The molecule has 1 aromatic carbocycles. The molecule has 8 heteroatoms. The van der Waals surface area contributed by atoms with Crippen molar-refractivity contribution in [3.63, 3.8) is 0 Å². The molecule has 0 fully saturated rings. The minimum atomic E-state index is -3.26. The number of sulfone groups is 1. The number of hydrogen-bond acceptors (Lipinski definition) is 6. The van der Waals surface area contributed by atoms with Gasteiger partial charge < -0.3 is 10.1 Å². The van der Waals surface area contributed by atoms with E-state index >= 15 is 0 Å². The number of nitrogens with one attached hydrogen (secondary N) is 1. The molecule has 2 rings (SSSR count). The van der Waals surface area contributed by atoms with E-state index in [1.54, 1.807) is 44.2 Å². The Morgan fingerprint density at radius 1 is 1.19 bits per heavy atom. The molecule has 146 valence electrons. The minimum Gasteiger partial charge on any atom is -0.462 e. The number of thiophene rings is 1. The van der Waals surface area contributed by atoms with Gasteiger partial charge in [-0.3, -0.25) is 4.79 Å². The average Bonchev–Trinajstić information content (AvgIpc) is 2.95. The van der Waals surface area contributed by atoms with Gasteiger partial charge >= 0.3 is 5.97 Å². The highest BCUT2D eigenvalue weighted by Crippen LogP contribution is 2.27. The third kappa shape index (κ3) is 6.80. The largest absolute Gasteiger partial charge is 0.462 e. The van der Waals surface area contributed by atoms with Crippen molar-refractivity contribution >= 4 is 38.1 Å². The van der Waals surface area contributed by atoms with Gasteiger partial charge in [0.25, 0.3) is 0 Å². The van der Waals surface area contributed by atoms with Crippen LogP contribution in [0.1, 0.15) is 40.6 Å². The van der Waals surface area contributed by atoms with Crippen LogP contribution in [0.4, 0.5) is 5.00 Å². The van der Waals surface area contributed by atoms with Crippen molar-refractivity contribution in [3.05, 3.63) is 52.4 Å². The molecule has 1 amide bonds. The van der Waals surface area contributed by atoms with E-state index < -0.39 is 15.8 Å². The van der Waals surface area contributed by atoms with Gasteiger partial charge in [0.15, 0.2) is 9.84 Å². The molecule has 2 aromatic rings. The molecule has 1 N–H and O–H groups in total. The molecule has 0 unspecified atom stereocenters. The van der Waals surface area contributed by atoms with Crippen LogP contribution in [0.25, 0.3) is 0 Å². The van der Waals surface area contributed by atoms with Gasteiger partial charge in [0.2, 0.25) is 5.91 Å². The fourth-order valence-electron chi connectivity index (χ4n) is 2.50. The fourth-order valence-corrected chi connectivity index (χ4v) is 4.91. The molecular weight excluding hydrogens is 386 g/mol. The zero-order valence-corrected chi connectivity index (χ0v) is 17.0. The lowest BCUT2D eigenvalue weighted by atomic mass is 10.2. The summed E-state index contributed by atoms with van der Waals surface area (Å²) in [5, 5.41) is 3.26. The Bertz CT molecular complexity index is 888. The second-order valence-corrected chi connectivity index (χ2v) is 9.31. The highest BCUT2D eigenvalue weighted by Gasteiger charge is 2.17. The molecular formula is C19H23NO5S2. The van der Waals surface area contributed by atoms with E-state index in [0.29, 0.717) is 9.88 Å². The van der Waals surface area contributed by atoms with E-state index in [-0.39, 0.29) is 36.9 Å². The molecule has 0 radical (unpaired) electrons. The number of aryl methyl sites for hydroxylation is 1. The van der Waals surface area contributed by atoms with E-state index in [9.17, 15) is 18.0 Å². The van der Waals surface area contributed by atoms with Crippen molar-refractivity contribution in [1.29, 1.82) is 0 Å². The Morgan fingerprint density at radius 3 is 2.56 bits per heavy atom. The van der Waals surface area contributed by atoms with Crippen LogP contribution >= 0.6 is 11.3 Å². The zero-order chi connectivity index (χ0) is 19.9. The Labute approximate surface area is 163 Å². The Hall–Kier alpha value is -2.19. The summed E-state index contributed by atoms with van der Waals surface area (Å²) in [6.07, 6.45) is 0.343. The molecule has 1 aromatic heterocycles. The number of ether oxygens (including phenoxy) is 1. The molecule has 0 aliphatic rings. The second kappa shape index (κ2) is 9.66. The summed E-state index contributed by atoms with van der Waals surface area (Å²) >= 11 is 1.15. The molecule has 0 saturated carbocycles. The number of hydrogen-bond donors (Lipinski definition) is 1. The van der Waals surface area contributed by atoms with Gasteiger partial charge in [-0.05, 0) is 37.5 Å². The first kappa shape index (κ1) is 21.1. The predicted octanol–water partition coefficient (Wildman–Crippen LogP) is 3.57. The van der Waals surface area contributed by atoms with Crippen molar-refractivity contribution in [2.45, 2.75) is 32.4 Å². The van der Waals surface area contributed by atoms with E-state index in [4.69, 9.17) is 4.74 Å². The molecule has 27 heavy (non-hydrogen) atoms. The molecule has 0 aliphatic heterocycles. The Balaban J connectivity index is 1.82. The van der Waals surface area contributed by atoms with Crippen molar-refractivity contribution in [1.82, 2.24) is 0 Å². The van der Waals surface area contributed by atoms with Gasteiger partial charge in [0.05, 0.1) is 23.1 Å². The van der Waals surface area contributed by atoms with Gasteiger partial charge in [-0.1, -0.05) is 30.3 Å². The maximum atomic E-state index is 12.1. The summed E-state index contributed by atoms with van der Waals surface area (Å²) in [6.45, 7) is 3.79. The quantitative estimate of drug-likeness (QED) is 0.640. The molecule has 1 heterocycles. The first-order valence-electron chi connectivity index (χ1n) is 8.62. The average molecular weight is 410 g/mol. The third-order valence-electron chi connectivity index (χ3n) is 3.73. The highest BCUT2D eigenvalue weighted by atomic mass is 32.2. The summed E-state index contributed by atoms with van der Waals surface area (Å²) in [5.41, 5.74) is 1.47. The first-order valence-corrected chi connectivity index (χ1v) is 11.3. The van der Waals surface area contributed by atoms with Gasteiger partial charge in [-0.2, -0.15) is 0 Å². The second-order valence-electron chi connectivity index (χ2n) is 6.07. The third-order valence-corrected chi connectivity index (χ3v) is 6.55. The molecule has 0 aliphatic carbocycles. The molecule has 0 spiro atoms. The number of rotatable bonds is 9. The molecule has 6 nitrogen and oxygen atoms in total. The monoisotopic (exact) mass is 409 g/mol. The summed E-state index contributed by atoms with van der Waals surface area (Å²) in [4.78, 5) is 24.3. The lowest BCUT2D eigenvalue weighted by Crippen LogP contribution is -2.14. The molecule has 0 saturated heterocycles. The number of amides is 1. The number of esters is 1. The first-order chi connectivity index (χ1) is 12.8. The number of benzene rings is 1. The lowest BCUT2D eigenvalue weighted by molar-refractivity contribution is -0.116. The van der Waals surface area contributed by atoms with Crippen LogP contribution in [-0.2, 0) is 25.1 Å². The van der Waals surface area contributed by atoms with E-state index in [0.717, 1.165) is 22.5 Å². The normalized spacial score (nSPS) is 11.2. The van der Waals surface area contributed by atoms with Gasteiger partial charge in [-0.15, -0.1) is 11.3 Å². The van der Waals surface area contributed by atoms with Crippen molar-refractivity contribution < 1.29 is 22.7 Å². The Kier molecular flexibility index (Phi) is 7.55. The number of anilines is 1. The van der Waals surface area contributed by atoms with E-state index in [1.165, 1.54) is 0 Å². The van der Waals surface area contributed by atoms with E-state index in [1.807, 2.05) is 6.07 Å². The van der Waals surface area contributed by atoms with Crippen LogP contribution in [0.2, 0.25) is 0 Å². The van der Waals surface area contributed by atoms with Crippen LogP contribution in [0.15, 0.2) is 36.4 Å². The van der Waals surface area contributed by atoms with Crippen LogP contribution in [0, 0.1) is 6.92 Å². The maximum Gasteiger partial charge on any atom is 0.348 e. The SMILES string of the molecule is CCOC(=O)c1sc(NC(=O)CCCS(=O)(=O)Cc2ccccc2)cc1C. The van der Waals surface area contributed by atoms with Crippen molar-refractivity contribution in [2.24, 2.45) is 0 Å². The van der Waals surface area contributed by atoms with Gasteiger partial charge in [-0.25, -0.2) is 13.2 Å². The highest BCUT2D eigenvalue weighted by molar-refractivity contribution is 7.90. The number of carbonyl (C=O) groups excluding carboxylic acids is 2. The van der Waals surface area contributed by atoms with Gasteiger partial charge in [0, 0.05) is 6.42 Å². The van der Waals surface area contributed by atoms with E-state index in [2.05, 4.69) is 5.32 Å². The van der Waals surface area contributed by atoms with Crippen LogP contribution < -0.4 is 5.32 Å². The lowest BCUT2D eigenvalue weighted by Gasteiger charge is -2.05. The fraction of sp³-hybridized carbons (Fsp3) is 0.368. The smallest absolute Gasteiger partial charge is 0.348 e. The Morgan fingerprint density at radius 2 is 1.89 bits per heavy atom. The number of carbonyl (C=O) groups is 2. The summed E-state index contributed by atoms with van der Waals surface area (Å²) in [6, 6.07) is 10.7. The molecule has 0 atom stereocenters. The minimum absolute atomic E-state index is 0.0253. The summed E-state index contributed by atoms with van der Waals surface area (Å²) in [5.74, 6) is -0.760. The zero-order valence-electron chi connectivity index (χ0n) is 15.4. The summed E-state index contributed by atoms with van der Waals surface area (Å²) < 4.78 is 29.3. The topological polar surface area (TPSA) is 89.5 Å². The maximum absolute atomic E-state index is 12.1.